The third-order valence-electron chi connectivity index (χ3n) is 1.25. The highest BCUT2D eigenvalue weighted by Gasteiger charge is 2.04. The van der Waals surface area contributed by atoms with Gasteiger partial charge in [-0.3, -0.25) is 10.00 Å². The van der Waals surface area contributed by atoms with Crippen LogP contribution in [0.1, 0.15) is 5.69 Å². The van der Waals surface area contributed by atoms with Crippen LogP contribution in [0.15, 0.2) is 6.07 Å². The van der Waals surface area contributed by atoms with Crippen LogP contribution in [-0.2, 0) is 7.05 Å². The van der Waals surface area contributed by atoms with Crippen LogP contribution in [0.3, 0.4) is 0 Å². The van der Waals surface area contributed by atoms with Crippen LogP contribution in [-0.4, -0.2) is 15.8 Å². The summed E-state index contributed by atoms with van der Waals surface area (Å²) in [5.41, 5.74) is 5.11. The van der Waals surface area contributed by atoms with Crippen molar-refractivity contribution in [2.45, 2.75) is 0 Å². The Kier molecular flexibility index (Phi) is 1.96. The number of nitrogens with zero attached hydrogens (tertiary/aromatic N) is 3. The van der Waals surface area contributed by atoms with Crippen molar-refractivity contribution in [2.24, 2.45) is 12.8 Å². The van der Waals surface area contributed by atoms with Crippen molar-refractivity contribution in [1.82, 2.24) is 9.78 Å². The van der Waals surface area contributed by atoms with E-state index >= 15 is 0 Å². The minimum absolute atomic E-state index is 0.237. The summed E-state index contributed by atoms with van der Waals surface area (Å²) in [7, 11) is 1.60. The molecule has 62 valence electrons. The van der Waals surface area contributed by atoms with E-state index < -0.39 is 6.03 Å². The van der Waals surface area contributed by atoms with Gasteiger partial charge in [-0.05, 0) is 0 Å². The van der Waals surface area contributed by atoms with Gasteiger partial charge in [0, 0.05) is 13.1 Å². The van der Waals surface area contributed by atoms with Crippen LogP contribution in [0, 0.1) is 11.3 Å². The zero-order valence-corrected chi connectivity index (χ0v) is 6.40. The van der Waals surface area contributed by atoms with E-state index in [4.69, 9.17) is 11.0 Å². The number of nitrogens with one attached hydrogen (secondary N) is 1. The van der Waals surface area contributed by atoms with Gasteiger partial charge in [0.15, 0.2) is 5.69 Å². The molecule has 0 saturated carbocycles. The van der Waals surface area contributed by atoms with Gasteiger partial charge in [0.05, 0.1) is 0 Å². The zero-order valence-electron chi connectivity index (χ0n) is 6.40. The molecule has 12 heavy (non-hydrogen) atoms. The van der Waals surface area contributed by atoms with Gasteiger partial charge in [-0.25, -0.2) is 4.79 Å². The summed E-state index contributed by atoms with van der Waals surface area (Å²) in [6.45, 7) is 0. The molecule has 6 heteroatoms. The first-order chi connectivity index (χ1) is 5.63. The highest BCUT2D eigenvalue weighted by Crippen LogP contribution is 2.06. The molecular weight excluding hydrogens is 158 g/mol. The second-order valence-corrected chi connectivity index (χ2v) is 2.14. The fourth-order valence-electron chi connectivity index (χ4n) is 0.765. The van der Waals surface area contributed by atoms with Gasteiger partial charge in [-0.1, -0.05) is 0 Å². The van der Waals surface area contributed by atoms with Gasteiger partial charge in [0.1, 0.15) is 11.9 Å². The molecule has 3 N–H and O–H groups in total. The van der Waals surface area contributed by atoms with Gasteiger partial charge >= 0.3 is 6.03 Å². The van der Waals surface area contributed by atoms with E-state index in [1.165, 1.54) is 10.7 Å². The molecular formula is C6H7N5O. The quantitative estimate of drug-likeness (QED) is 0.602. The van der Waals surface area contributed by atoms with Crippen molar-refractivity contribution < 1.29 is 4.79 Å². The van der Waals surface area contributed by atoms with Crippen LogP contribution in [0.5, 0.6) is 0 Å². The van der Waals surface area contributed by atoms with E-state index in [9.17, 15) is 4.79 Å². The Morgan fingerprint density at radius 1 is 1.92 bits per heavy atom. The van der Waals surface area contributed by atoms with Gasteiger partial charge in [-0.2, -0.15) is 10.4 Å². The summed E-state index contributed by atoms with van der Waals surface area (Å²) in [6.07, 6.45) is 0. The molecule has 1 rings (SSSR count). The Labute approximate surface area is 68.6 Å². The van der Waals surface area contributed by atoms with Crippen molar-refractivity contribution in [2.75, 3.05) is 5.32 Å². The number of anilines is 1. The molecule has 0 spiro atoms. The molecule has 0 fully saturated rings. The number of primary amides is 1. The smallest absolute Gasteiger partial charge is 0.317 e. The van der Waals surface area contributed by atoms with Crippen LogP contribution < -0.4 is 11.1 Å². The molecule has 0 aliphatic heterocycles. The summed E-state index contributed by atoms with van der Waals surface area (Å²) in [5.74, 6) is 0.402. The number of amides is 2. The number of urea groups is 1. The predicted molar refractivity (Wildman–Crippen MR) is 41.1 cm³/mol. The van der Waals surface area contributed by atoms with Crippen molar-refractivity contribution in [3.05, 3.63) is 11.8 Å². The number of aryl methyl sites for hydroxylation is 1. The maximum atomic E-state index is 10.4. The molecule has 0 radical (unpaired) electrons. The third-order valence-corrected chi connectivity index (χ3v) is 1.25. The lowest BCUT2D eigenvalue weighted by atomic mass is 10.4. The van der Waals surface area contributed by atoms with E-state index in [1.807, 2.05) is 6.07 Å². The van der Waals surface area contributed by atoms with Gasteiger partial charge < -0.3 is 5.73 Å². The largest absolute Gasteiger partial charge is 0.351 e. The van der Waals surface area contributed by atoms with E-state index in [0.29, 0.717) is 5.82 Å². The van der Waals surface area contributed by atoms with Crippen LogP contribution >= 0.6 is 0 Å². The molecule has 2 amide bonds. The average molecular weight is 165 g/mol. The number of rotatable bonds is 1. The fourth-order valence-corrected chi connectivity index (χ4v) is 0.765. The SMILES string of the molecule is Cn1nc(C#N)cc1NC(N)=O. The zero-order chi connectivity index (χ0) is 9.14. The Hall–Kier alpha value is -2.03. The minimum Gasteiger partial charge on any atom is -0.351 e. The highest BCUT2D eigenvalue weighted by atomic mass is 16.2. The lowest BCUT2D eigenvalue weighted by Crippen LogP contribution is -2.20. The molecule has 0 aliphatic rings. The number of nitriles is 1. The van der Waals surface area contributed by atoms with Gasteiger partial charge in [0.25, 0.3) is 0 Å². The van der Waals surface area contributed by atoms with Crippen LogP contribution in [0.25, 0.3) is 0 Å². The van der Waals surface area contributed by atoms with Crippen molar-refractivity contribution in [3.63, 3.8) is 0 Å². The van der Waals surface area contributed by atoms with Crippen molar-refractivity contribution >= 4 is 11.8 Å². The molecule has 1 aromatic heterocycles. The highest BCUT2D eigenvalue weighted by molar-refractivity contribution is 5.86. The molecule has 0 aromatic carbocycles. The number of hydrogen-bond donors (Lipinski definition) is 2. The summed E-state index contributed by atoms with van der Waals surface area (Å²) in [5, 5.41) is 14.5. The lowest BCUT2D eigenvalue weighted by Gasteiger charge is -1.98. The number of hydrogen-bond acceptors (Lipinski definition) is 3. The first-order valence-electron chi connectivity index (χ1n) is 3.14. The molecule has 0 unspecified atom stereocenters. The Morgan fingerprint density at radius 3 is 3.00 bits per heavy atom. The Bertz CT molecular complexity index is 347. The van der Waals surface area contributed by atoms with E-state index in [-0.39, 0.29) is 5.69 Å². The molecule has 0 bridgehead atoms. The topological polar surface area (TPSA) is 96.7 Å². The normalized spacial score (nSPS) is 9.00. The molecule has 1 aromatic rings. The fraction of sp³-hybridized carbons (Fsp3) is 0.167. The maximum Gasteiger partial charge on any atom is 0.317 e. The second kappa shape index (κ2) is 2.92. The molecule has 0 saturated heterocycles. The maximum absolute atomic E-state index is 10.4. The average Bonchev–Trinajstić information content (AvgIpc) is 2.31. The predicted octanol–water partition coefficient (Wildman–Crippen LogP) is -0.218. The van der Waals surface area contributed by atoms with Crippen LogP contribution in [0.2, 0.25) is 0 Å². The van der Waals surface area contributed by atoms with Crippen LogP contribution in [0.4, 0.5) is 10.6 Å². The summed E-state index contributed by atoms with van der Waals surface area (Å²) in [6, 6.07) is 2.59. The third kappa shape index (κ3) is 1.52. The summed E-state index contributed by atoms with van der Waals surface area (Å²) >= 11 is 0. The monoisotopic (exact) mass is 165 g/mol. The molecule has 0 atom stereocenters. The lowest BCUT2D eigenvalue weighted by molar-refractivity contribution is 0.259. The van der Waals surface area contributed by atoms with E-state index in [1.54, 1.807) is 7.05 Å². The Morgan fingerprint density at radius 2 is 2.58 bits per heavy atom. The van der Waals surface area contributed by atoms with E-state index in [0.717, 1.165) is 0 Å². The first-order valence-corrected chi connectivity index (χ1v) is 3.14. The number of carbonyl (C=O) groups excluding carboxylic acids is 1. The molecule has 0 aliphatic carbocycles. The molecule has 1 heterocycles. The van der Waals surface area contributed by atoms with Crippen molar-refractivity contribution in [3.8, 4) is 6.07 Å². The number of nitrogens with two attached hydrogens (primary N) is 1. The second-order valence-electron chi connectivity index (χ2n) is 2.14. The van der Waals surface area contributed by atoms with Crippen molar-refractivity contribution in [1.29, 1.82) is 5.26 Å². The molecule has 6 nitrogen and oxygen atoms in total. The summed E-state index contributed by atoms with van der Waals surface area (Å²) < 4.78 is 1.36. The first kappa shape index (κ1) is 8.07. The standard InChI is InChI=1S/C6H7N5O/c1-11-5(9-6(8)12)2-4(3-7)10-11/h2H,1H3,(H3,8,9,12). The summed E-state index contributed by atoms with van der Waals surface area (Å²) in [4.78, 5) is 10.4. The van der Waals surface area contributed by atoms with E-state index in [2.05, 4.69) is 10.4 Å². The Balaban J connectivity index is 2.94. The number of aromatic nitrogens is 2. The number of carbonyl (C=O) groups is 1. The minimum atomic E-state index is -0.678. The van der Waals surface area contributed by atoms with Gasteiger partial charge in [-0.15, -0.1) is 0 Å². The van der Waals surface area contributed by atoms with Gasteiger partial charge in [0.2, 0.25) is 0 Å².